The van der Waals surface area contributed by atoms with Crippen LogP contribution >= 0.6 is 0 Å². The lowest BCUT2D eigenvalue weighted by atomic mass is 10.2. The summed E-state index contributed by atoms with van der Waals surface area (Å²) in [6.45, 7) is 7.25. The maximum Gasteiger partial charge on any atom is 0.414 e. The monoisotopic (exact) mass is 389 g/mol. The molecule has 28 heavy (non-hydrogen) atoms. The lowest BCUT2D eigenvalue weighted by Gasteiger charge is -2.13. The van der Waals surface area contributed by atoms with Crippen LogP contribution in [0.2, 0.25) is 0 Å². The summed E-state index contributed by atoms with van der Waals surface area (Å²) in [7, 11) is 1.59. The van der Waals surface area contributed by atoms with E-state index in [1.807, 2.05) is 0 Å². The molecular formula is C19H23N3O6. The summed E-state index contributed by atoms with van der Waals surface area (Å²) in [6.07, 6.45) is 1.54. The lowest BCUT2D eigenvalue weighted by molar-refractivity contribution is -0.159. The van der Waals surface area contributed by atoms with Gasteiger partial charge in [-0.3, -0.25) is 14.3 Å². The maximum atomic E-state index is 12.4. The van der Waals surface area contributed by atoms with Gasteiger partial charge in [0, 0.05) is 6.07 Å². The number of hydrogen-bond acceptors (Lipinski definition) is 6. The van der Waals surface area contributed by atoms with Gasteiger partial charge < -0.3 is 14.9 Å². The van der Waals surface area contributed by atoms with Crippen LogP contribution in [0.3, 0.4) is 0 Å². The lowest BCUT2D eigenvalue weighted by Crippen LogP contribution is -2.23. The van der Waals surface area contributed by atoms with Crippen LogP contribution in [0.1, 0.15) is 13.8 Å². The maximum absolute atomic E-state index is 12.4. The Morgan fingerprint density at radius 1 is 1.18 bits per heavy atom. The summed E-state index contributed by atoms with van der Waals surface area (Å²) in [5, 5.41) is 15.4. The Hall–Kier alpha value is -3.38. The quantitative estimate of drug-likeness (QED) is 0.571. The van der Waals surface area contributed by atoms with Crippen LogP contribution < -0.4 is 10.3 Å². The Bertz CT molecular complexity index is 926. The van der Waals surface area contributed by atoms with Crippen LogP contribution in [0.4, 0.5) is 0 Å². The number of rotatable bonds is 5. The molecule has 0 aliphatic heterocycles. The minimum absolute atomic E-state index is 0.0789. The zero-order valence-electron chi connectivity index (χ0n) is 16.0. The molecule has 2 rings (SSSR count). The molecule has 0 atom stereocenters. The number of fused-ring (bicyclic) bond motifs is 1. The summed E-state index contributed by atoms with van der Waals surface area (Å²) >= 11 is 0. The molecule has 0 bridgehead atoms. The average molecular weight is 389 g/mol. The smallest absolute Gasteiger partial charge is 0.414 e. The topological polar surface area (TPSA) is 122 Å². The molecule has 1 aromatic heterocycles. The van der Waals surface area contributed by atoms with E-state index in [4.69, 9.17) is 24.5 Å². The molecule has 0 radical (unpaired) electrons. The number of ether oxygens (including phenoxy) is 1. The summed E-state index contributed by atoms with van der Waals surface area (Å²) in [5.41, 5.74) is 0.557. The third kappa shape index (κ3) is 6.74. The van der Waals surface area contributed by atoms with E-state index < -0.39 is 11.9 Å². The Kier molecular flexibility index (Phi) is 9.19. The van der Waals surface area contributed by atoms with Crippen molar-refractivity contribution >= 4 is 22.8 Å². The molecule has 0 unspecified atom stereocenters. The van der Waals surface area contributed by atoms with E-state index in [0.29, 0.717) is 23.2 Å². The minimum atomic E-state index is -1.82. The third-order valence-corrected chi connectivity index (χ3v) is 3.79. The van der Waals surface area contributed by atoms with Crippen molar-refractivity contribution in [3.63, 3.8) is 0 Å². The van der Waals surface area contributed by atoms with Crippen LogP contribution in [0, 0.1) is 11.8 Å². The number of carboxylic acid groups (broad SMARTS) is 2. The molecule has 9 heteroatoms. The van der Waals surface area contributed by atoms with Crippen molar-refractivity contribution in [3.05, 3.63) is 34.9 Å². The second-order valence-electron chi connectivity index (χ2n) is 5.49. The van der Waals surface area contributed by atoms with E-state index >= 15 is 0 Å². The number of carbonyl (C=O) groups is 2. The highest BCUT2D eigenvalue weighted by Gasteiger charge is 2.05. The number of methoxy groups -OCH3 is 1. The Morgan fingerprint density at radius 3 is 2.36 bits per heavy atom. The van der Waals surface area contributed by atoms with Crippen molar-refractivity contribution in [2.75, 3.05) is 26.7 Å². The summed E-state index contributed by atoms with van der Waals surface area (Å²) in [5.74, 6) is 3.18. The molecule has 0 spiro atoms. The molecule has 150 valence electrons. The van der Waals surface area contributed by atoms with Crippen LogP contribution in [-0.2, 0) is 16.1 Å². The zero-order chi connectivity index (χ0) is 21.1. The van der Waals surface area contributed by atoms with E-state index in [1.165, 1.54) is 10.9 Å². The van der Waals surface area contributed by atoms with E-state index in [9.17, 15) is 4.79 Å². The van der Waals surface area contributed by atoms with Gasteiger partial charge in [-0.2, -0.15) is 0 Å². The first-order chi connectivity index (χ1) is 13.3. The molecule has 2 aromatic rings. The van der Waals surface area contributed by atoms with Crippen molar-refractivity contribution in [1.82, 2.24) is 14.5 Å². The van der Waals surface area contributed by atoms with Gasteiger partial charge in [-0.15, -0.1) is 0 Å². The van der Waals surface area contributed by atoms with Gasteiger partial charge >= 0.3 is 11.9 Å². The Balaban J connectivity index is 0.000000568. The normalized spacial score (nSPS) is 9.86. The summed E-state index contributed by atoms with van der Waals surface area (Å²) < 4.78 is 6.67. The number of aliphatic carboxylic acids is 2. The standard InChI is InChI=1S/C17H21N3O2.C2H2O4/c1-4-19(5-2)10-6-7-11-20-13-18-16-12-14(22-3)8-9-15(16)17(20)21;3-1(4)2(5)6/h8-9,12-13H,4-5,10-11H2,1-3H3;(H,3,4)(H,5,6). The predicted molar refractivity (Wildman–Crippen MR) is 103 cm³/mol. The van der Waals surface area contributed by atoms with Crippen LogP contribution in [0.25, 0.3) is 10.9 Å². The highest BCUT2D eigenvalue weighted by molar-refractivity contribution is 6.27. The highest BCUT2D eigenvalue weighted by Crippen LogP contribution is 2.15. The van der Waals surface area contributed by atoms with Gasteiger partial charge in [0.2, 0.25) is 0 Å². The second-order valence-corrected chi connectivity index (χ2v) is 5.49. The van der Waals surface area contributed by atoms with E-state index in [-0.39, 0.29) is 5.56 Å². The van der Waals surface area contributed by atoms with Gasteiger partial charge in [0.1, 0.15) is 5.75 Å². The molecule has 0 saturated carbocycles. The van der Waals surface area contributed by atoms with Gasteiger partial charge in [-0.1, -0.05) is 25.7 Å². The summed E-state index contributed by atoms with van der Waals surface area (Å²) in [6, 6.07) is 5.26. The fourth-order valence-corrected chi connectivity index (χ4v) is 2.13. The largest absolute Gasteiger partial charge is 0.497 e. The van der Waals surface area contributed by atoms with Gasteiger partial charge in [0.05, 0.1) is 37.4 Å². The molecule has 9 nitrogen and oxygen atoms in total. The van der Waals surface area contributed by atoms with Gasteiger partial charge in [0.15, 0.2) is 0 Å². The molecule has 1 aromatic carbocycles. The molecular weight excluding hydrogens is 366 g/mol. The van der Waals surface area contributed by atoms with Crippen molar-refractivity contribution < 1.29 is 24.5 Å². The van der Waals surface area contributed by atoms with Crippen molar-refractivity contribution in [2.24, 2.45) is 0 Å². The van der Waals surface area contributed by atoms with E-state index in [0.717, 1.165) is 19.6 Å². The van der Waals surface area contributed by atoms with Crippen LogP contribution in [-0.4, -0.2) is 63.3 Å². The van der Waals surface area contributed by atoms with E-state index in [2.05, 4.69) is 35.6 Å². The van der Waals surface area contributed by atoms with Crippen molar-refractivity contribution in [2.45, 2.75) is 20.4 Å². The predicted octanol–water partition coefficient (Wildman–Crippen LogP) is 0.906. The number of carboxylic acids is 2. The molecule has 0 saturated heterocycles. The van der Waals surface area contributed by atoms with Gasteiger partial charge in [-0.05, 0) is 25.2 Å². The Morgan fingerprint density at radius 2 is 1.82 bits per heavy atom. The third-order valence-electron chi connectivity index (χ3n) is 3.79. The first-order valence-corrected chi connectivity index (χ1v) is 8.51. The molecule has 0 aliphatic carbocycles. The fourth-order valence-electron chi connectivity index (χ4n) is 2.13. The number of nitrogens with zero attached hydrogens (tertiary/aromatic N) is 3. The molecule has 0 aliphatic rings. The first kappa shape index (κ1) is 22.7. The van der Waals surface area contributed by atoms with Crippen molar-refractivity contribution in [3.8, 4) is 17.6 Å². The van der Waals surface area contributed by atoms with Crippen molar-refractivity contribution in [1.29, 1.82) is 0 Å². The number of aromatic nitrogens is 2. The highest BCUT2D eigenvalue weighted by atomic mass is 16.5. The minimum Gasteiger partial charge on any atom is -0.497 e. The number of hydrogen-bond donors (Lipinski definition) is 2. The molecule has 0 fully saturated rings. The van der Waals surface area contributed by atoms with Gasteiger partial charge in [-0.25, -0.2) is 14.6 Å². The van der Waals surface area contributed by atoms with Gasteiger partial charge in [0.25, 0.3) is 5.56 Å². The Labute approximate surface area is 162 Å². The average Bonchev–Trinajstić information content (AvgIpc) is 2.69. The first-order valence-electron chi connectivity index (χ1n) is 8.51. The summed E-state index contributed by atoms with van der Waals surface area (Å²) in [4.78, 5) is 37.1. The second kappa shape index (κ2) is 11.4. The molecule has 0 amide bonds. The van der Waals surface area contributed by atoms with Crippen LogP contribution in [0.15, 0.2) is 29.3 Å². The SMILES string of the molecule is CCN(CC)CC#CCn1cnc2cc(OC)ccc2c1=O.O=C(O)C(=O)O. The number of benzene rings is 1. The fraction of sp³-hybridized carbons (Fsp3) is 0.368. The van der Waals surface area contributed by atoms with Crippen LogP contribution in [0.5, 0.6) is 5.75 Å². The van der Waals surface area contributed by atoms with E-state index in [1.54, 1.807) is 25.3 Å². The molecule has 1 heterocycles. The molecule has 2 N–H and O–H groups in total. The zero-order valence-corrected chi connectivity index (χ0v) is 16.0.